The standard InChI is InChI=1S/C13H20FN3/c1-3-7-17(4-2)9-10-5-6-11(14)8-12(10)13(15)16/h5-6,8H,3-4,7,9H2,1-2H3,(H3,15,16). The van der Waals surface area contributed by atoms with Gasteiger partial charge in [0.05, 0.1) is 0 Å². The van der Waals surface area contributed by atoms with Gasteiger partial charge in [0.25, 0.3) is 0 Å². The summed E-state index contributed by atoms with van der Waals surface area (Å²) in [5, 5.41) is 7.47. The molecule has 0 bridgehead atoms. The first-order chi connectivity index (χ1) is 8.08. The third kappa shape index (κ3) is 3.82. The van der Waals surface area contributed by atoms with Crippen molar-refractivity contribution in [3.05, 3.63) is 35.1 Å². The molecule has 0 spiro atoms. The second-order valence-electron chi connectivity index (χ2n) is 4.08. The van der Waals surface area contributed by atoms with Crippen LogP contribution in [0, 0.1) is 11.2 Å². The summed E-state index contributed by atoms with van der Waals surface area (Å²) >= 11 is 0. The van der Waals surface area contributed by atoms with E-state index < -0.39 is 0 Å². The van der Waals surface area contributed by atoms with Crippen molar-refractivity contribution in [1.82, 2.24) is 4.90 Å². The average Bonchev–Trinajstić information content (AvgIpc) is 2.30. The number of nitrogen functional groups attached to an aromatic ring is 1. The molecule has 0 unspecified atom stereocenters. The fraction of sp³-hybridized carbons (Fsp3) is 0.462. The second kappa shape index (κ2) is 6.35. The molecule has 1 aromatic carbocycles. The molecular weight excluding hydrogens is 217 g/mol. The quantitative estimate of drug-likeness (QED) is 0.589. The van der Waals surface area contributed by atoms with Crippen LogP contribution < -0.4 is 5.73 Å². The Labute approximate surface area is 102 Å². The van der Waals surface area contributed by atoms with Crippen molar-refractivity contribution in [3.8, 4) is 0 Å². The summed E-state index contributed by atoms with van der Waals surface area (Å²) in [4.78, 5) is 2.25. The summed E-state index contributed by atoms with van der Waals surface area (Å²) < 4.78 is 13.1. The van der Waals surface area contributed by atoms with Crippen LogP contribution in [0.1, 0.15) is 31.4 Å². The first-order valence-electron chi connectivity index (χ1n) is 5.93. The van der Waals surface area contributed by atoms with E-state index in [-0.39, 0.29) is 11.7 Å². The van der Waals surface area contributed by atoms with E-state index >= 15 is 0 Å². The molecule has 0 saturated carbocycles. The molecule has 0 aromatic heterocycles. The highest BCUT2D eigenvalue weighted by Crippen LogP contribution is 2.13. The number of benzene rings is 1. The largest absolute Gasteiger partial charge is 0.384 e. The monoisotopic (exact) mass is 237 g/mol. The zero-order chi connectivity index (χ0) is 12.8. The van der Waals surface area contributed by atoms with Crippen molar-refractivity contribution in [2.24, 2.45) is 5.73 Å². The fourth-order valence-corrected chi connectivity index (χ4v) is 1.84. The maximum absolute atomic E-state index is 13.1. The summed E-state index contributed by atoms with van der Waals surface area (Å²) in [7, 11) is 0. The van der Waals surface area contributed by atoms with Gasteiger partial charge in [0.15, 0.2) is 0 Å². The van der Waals surface area contributed by atoms with Gasteiger partial charge in [0, 0.05) is 12.1 Å². The maximum Gasteiger partial charge on any atom is 0.123 e. The van der Waals surface area contributed by atoms with Gasteiger partial charge in [0.2, 0.25) is 0 Å². The SMILES string of the molecule is CCCN(CC)Cc1ccc(F)cc1C(=N)N. The van der Waals surface area contributed by atoms with E-state index in [4.69, 9.17) is 11.1 Å². The third-order valence-electron chi connectivity index (χ3n) is 2.74. The molecule has 0 aliphatic rings. The molecule has 94 valence electrons. The van der Waals surface area contributed by atoms with Gasteiger partial charge >= 0.3 is 0 Å². The molecule has 0 aliphatic heterocycles. The van der Waals surface area contributed by atoms with Crippen molar-refractivity contribution >= 4 is 5.84 Å². The zero-order valence-electron chi connectivity index (χ0n) is 10.5. The van der Waals surface area contributed by atoms with E-state index in [1.54, 1.807) is 6.07 Å². The maximum atomic E-state index is 13.1. The van der Waals surface area contributed by atoms with Crippen LogP contribution in [-0.2, 0) is 6.54 Å². The highest BCUT2D eigenvalue weighted by Gasteiger charge is 2.10. The van der Waals surface area contributed by atoms with Crippen LogP contribution in [0.2, 0.25) is 0 Å². The van der Waals surface area contributed by atoms with E-state index in [1.807, 2.05) is 0 Å². The number of rotatable bonds is 6. The normalized spacial score (nSPS) is 10.8. The summed E-state index contributed by atoms with van der Waals surface area (Å²) in [5.41, 5.74) is 6.88. The number of nitrogens with one attached hydrogen (secondary N) is 1. The number of hydrogen-bond acceptors (Lipinski definition) is 2. The molecule has 4 heteroatoms. The molecule has 0 amide bonds. The lowest BCUT2D eigenvalue weighted by molar-refractivity contribution is 0.280. The van der Waals surface area contributed by atoms with Gasteiger partial charge in [-0.25, -0.2) is 4.39 Å². The Morgan fingerprint density at radius 1 is 1.41 bits per heavy atom. The predicted molar refractivity (Wildman–Crippen MR) is 68.7 cm³/mol. The van der Waals surface area contributed by atoms with Crippen LogP contribution in [0.4, 0.5) is 4.39 Å². The molecule has 0 radical (unpaired) electrons. The number of nitrogens with zero attached hydrogens (tertiary/aromatic N) is 1. The van der Waals surface area contributed by atoms with Crippen molar-refractivity contribution in [2.45, 2.75) is 26.8 Å². The molecule has 1 aromatic rings. The molecule has 0 fully saturated rings. The van der Waals surface area contributed by atoms with Crippen LogP contribution in [-0.4, -0.2) is 23.8 Å². The Morgan fingerprint density at radius 3 is 2.65 bits per heavy atom. The van der Waals surface area contributed by atoms with Crippen LogP contribution in [0.3, 0.4) is 0 Å². The lowest BCUT2D eigenvalue weighted by Gasteiger charge is -2.21. The highest BCUT2D eigenvalue weighted by atomic mass is 19.1. The zero-order valence-corrected chi connectivity index (χ0v) is 10.5. The molecule has 0 saturated heterocycles. The van der Waals surface area contributed by atoms with Gasteiger partial charge in [-0.3, -0.25) is 10.3 Å². The first-order valence-corrected chi connectivity index (χ1v) is 5.93. The Morgan fingerprint density at radius 2 is 2.12 bits per heavy atom. The van der Waals surface area contributed by atoms with Gasteiger partial charge < -0.3 is 5.73 Å². The van der Waals surface area contributed by atoms with Crippen LogP contribution in [0.5, 0.6) is 0 Å². The van der Waals surface area contributed by atoms with E-state index in [0.717, 1.165) is 25.1 Å². The van der Waals surface area contributed by atoms with Gasteiger partial charge in [-0.2, -0.15) is 0 Å². The average molecular weight is 237 g/mol. The summed E-state index contributed by atoms with van der Waals surface area (Å²) in [6.07, 6.45) is 1.07. The minimum absolute atomic E-state index is 0.0768. The molecule has 3 nitrogen and oxygen atoms in total. The van der Waals surface area contributed by atoms with Crippen molar-refractivity contribution < 1.29 is 4.39 Å². The third-order valence-corrected chi connectivity index (χ3v) is 2.74. The van der Waals surface area contributed by atoms with E-state index in [9.17, 15) is 4.39 Å². The summed E-state index contributed by atoms with van der Waals surface area (Å²) in [6.45, 7) is 6.85. The lowest BCUT2D eigenvalue weighted by Crippen LogP contribution is -2.25. The fourth-order valence-electron chi connectivity index (χ4n) is 1.84. The molecule has 0 atom stereocenters. The Balaban J connectivity index is 2.92. The van der Waals surface area contributed by atoms with E-state index in [2.05, 4.69) is 18.7 Å². The number of nitrogens with two attached hydrogens (primary N) is 1. The molecular formula is C13H20FN3. The number of halogens is 1. The highest BCUT2D eigenvalue weighted by molar-refractivity contribution is 5.96. The van der Waals surface area contributed by atoms with Gasteiger partial charge in [0.1, 0.15) is 11.7 Å². The minimum atomic E-state index is -0.350. The smallest absolute Gasteiger partial charge is 0.123 e. The molecule has 3 N–H and O–H groups in total. The summed E-state index contributed by atoms with van der Waals surface area (Å²) in [6, 6.07) is 4.46. The number of amidine groups is 1. The molecule has 17 heavy (non-hydrogen) atoms. The minimum Gasteiger partial charge on any atom is -0.384 e. The van der Waals surface area contributed by atoms with Crippen molar-refractivity contribution in [3.63, 3.8) is 0 Å². The Kier molecular flexibility index (Phi) is 5.10. The number of hydrogen-bond donors (Lipinski definition) is 2. The van der Waals surface area contributed by atoms with E-state index in [0.29, 0.717) is 12.1 Å². The van der Waals surface area contributed by atoms with Gasteiger partial charge in [-0.15, -0.1) is 0 Å². The predicted octanol–water partition coefficient (Wildman–Crippen LogP) is 2.34. The van der Waals surface area contributed by atoms with Crippen LogP contribution in [0.15, 0.2) is 18.2 Å². The summed E-state index contributed by atoms with van der Waals surface area (Å²) in [5.74, 6) is -0.426. The van der Waals surface area contributed by atoms with Gasteiger partial charge in [-0.1, -0.05) is 19.9 Å². The Bertz CT molecular complexity index is 390. The van der Waals surface area contributed by atoms with Crippen LogP contribution in [0.25, 0.3) is 0 Å². The molecule has 0 heterocycles. The first kappa shape index (κ1) is 13.6. The second-order valence-corrected chi connectivity index (χ2v) is 4.08. The lowest BCUT2D eigenvalue weighted by atomic mass is 10.1. The van der Waals surface area contributed by atoms with Crippen molar-refractivity contribution in [2.75, 3.05) is 13.1 Å². The topological polar surface area (TPSA) is 53.1 Å². The van der Waals surface area contributed by atoms with Crippen molar-refractivity contribution in [1.29, 1.82) is 5.41 Å². The van der Waals surface area contributed by atoms with E-state index in [1.165, 1.54) is 12.1 Å². The van der Waals surface area contributed by atoms with Crippen LogP contribution >= 0.6 is 0 Å². The Hall–Kier alpha value is -1.42. The molecule has 1 rings (SSSR count). The molecule has 0 aliphatic carbocycles. The van der Waals surface area contributed by atoms with Gasteiger partial charge in [-0.05, 0) is 37.2 Å².